The second-order valence-electron chi connectivity index (χ2n) is 8.80. The van der Waals surface area contributed by atoms with Gasteiger partial charge < -0.3 is 24.7 Å². The molecule has 0 fully saturated rings. The molecule has 3 aliphatic heterocycles. The Kier molecular flexibility index (Phi) is 6.46. The van der Waals surface area contributed by atoms with Crippen LogP contribution in [0.4, 0.5) is 4.79 Å². The Morgan fingerprint density at radius 2 is 1.94 bits per heavy atom. The van der Waals surface area contributed by atoms with Gasteiger partial charge in [-0.15, -0.1) is 0 Å². The number of hydrogen-bond acceptors (Lipinski definition) is 6. The van der Waals surface area contributed by atoms with E-state index >= 15 is 0 Å². The molecule has 1 amide bonds. The van der Waals surface area contributed by atoms with Gasteiger partial charge >= 0.3 is 6.09 Å². The smallest absolute Gasteiger partial charge is 0.410 e. The number of nitrogens with zero attached hydrogens (tertiary/aromatic N) is 1. The number of carbonyl (C=O) groups excluding carboxylic acids is 1. The average molecular weight is 441 g/mol. The summed E-state index contributed by atoms with van der Waals surface area (Å²) < 4.78 is 21.8. The first-order valence-corrected chi connectivity index (χ1v) is 11.2. The highest BCUT2D eigenvalue weighted by Gasteiger charge is 2.35. The lowest BCUT2D eigenvalue weighted by molar-refractivity contribution is 0.156. The summed E-state index contributed by atoms with van der Waals surface area (Å²) in [4.78, 5) is 13.8. The van der Waals surface area contributed by atoms with Crippen molar-refractivity contribution >= 4 is 6.09 Å². The van der Waals surface area contributed by atoms with E-state index in [1.165, 1.54) is 17.5 Å². The number of fused-ring (bicyclic) bond motifs is 5. The van der Waals surface area contributed by atoms with Crippen molar-refractivity contribution in [2.24, 2.45) is 11.7 Å². The molecule has 0 bridgehead atoms. The van der Waals surface area contributed by atoms with E-state index in [4.69, 9.17) is 24.7 Å². The van der Waals surface area contributed by atoms with Crippen LogP contribution < -0.4 is 24.7 Å². The molecule has 32 heavy (non-hydrogen) atoms. The summed E-state index contributed by atoms with van der Waals surface area (Å²) in [7, 11) is 1.56. The predicted molar refractivity (Wildman–Crippen MR) is 121 cm³/mol. The number of ether oxygens (including phenoxy) is 4. The van der Waals surface area contributed by atoms with E-state index in [1.807, 2.05) is 12.1 Å². The number of methoxy groups -OCH3 is 1. The molecule has 7 nitrogen and oxygen atoms in total. The minimum Gasteiger partial charge on any atom is -0.493 e. The predicted octanol–water partition coefficient (Wildman–Crippen LogP) is 4.59. The Balaban J connectivity index is 0.000000444. The first kappa shape index (κ1) is 22.3. The van der Waals surface area contributed by atoms with Crippen molar-refractivity contribution in [1.29, 1.82) is 0 Å². The van der Waals surface area contributed by atoms with Gasteiger partial charge in [0.25, 0.3) is 0 Å². The third-order valence-corrected chi connectivity index (χ3v) is 6.44. The standard InChI is InChI=1S/C20H20N2O5.C5H12/c1-24-16-3-2-11-6-15-13-8-18-17(25-10-26-18)7-12(13)4-5-22(15)9-14(11)19(16)27-20(21)23;1-4-5(2)3/h2-3,7-8,15H,4-6,9-10H2,1H3,(H2,21,23);5H,4H2,1-3H3. The van der Waals surface area contributed by atoms with Gasteiger partial charge in [0, 0.05) is 24.7 Å². The topological polar surface area (TPSA) is 83.3 Å². The number of amides is 1. The first-order valence-electron chi connectivity index (χ1n) is 11.2. The molecule has 1 atom stereocenters. The van der Waals surface area contributed by atoms with Crippen molar-refractivity contribution in [3.8, 4) is 23.0 Å². The minimum atomic E-state index is -0.833. The van der Waals surface area contributed by atoms with Crippen LogP contribution >= 0.6 is 0 Å². The van der Waals surface area contributed by atoms with Crippen LogP contribution in [0.15, 0.2) is 24.3 Å². The Morgan fingerprint density at radius 3 is 2.59 bits per heavy atom. The van der Waals surface area contributed by atoms with E-state index in [9.17, 15) is 4.79 Å². The molecule has 0 saturated carbocycles. The fraction of sp³-hybridized carbons (Fsp3) is 0.480. The molecule has 172 valence electrons. The van der Waals surface area contributed by atoms with Crippen LogP contribution in [0.5, 0.6) is 23.0 Å². The third kappa shape index (κ3) is 4.35. The SMILES string of the molecule is CCC(C)C.COc1ccc2c(c1OC(N)=O)CN1CCc3cc4c(cc3C1C2)OCO4. The summed E-state index contributed by atoms with van der Waals surface area (Å²) in [6.07, 6.45) is 2.23. The lowest BCUT2D eigenvalue weighted by atomic mass is 9.83. The highest BCUT2D eigenvalue weighted by atomic mass is 16.7. The number of benzene rings is 2. The number of carbonyl (C=O) groups is 1. The molecular weight excluding hydrogens is 408 g/mol. The fourth-order valence-electron chi connectivity index (χ4n) is 4.37. The molecule has 0 aliphatic carbocycles. The number of rotatable bonds is 3. The van der Waals surface area contributed by atoms with Gasteiger partial charge in [-0.05, 0) is 53.6 Å². The van der Waals surface area contributed by atoms with Crippen molar-refractivity contribution in [3.63, 3.8) is 0 Å². The minimum absolute atomic E-state index is 0.255. The van der Waals surface area contributed by atoms with Gasteiger partial charge in [0.15, 0.2) is 23.0 Å². The van der Waals surface area contributed by atoms with Crippen LogP contribution in [0, 0.1) is 5.92 Å². The Bertz CT molecular complexity index is 1000. The van der Waals surface area contributed by atoms with E-state index in [1.54, 1.807) is 7.11 Å². The van der Waals surface area contributed by atoms with Crippen molar-refractivity contribution in [2.45, 2.75) is 52.6 Å². The van der Waals surface area contributed by atoms with Crippen LogP contribution in [0.1, 0.15) is 55.5 Å². The first-order chi connectivity index (χ1) is 15.4. The van der Waals surface area contributed by atoms with Gasteiger partial charge in [0.05, 0.1) is 7.11 Å². The zero-order chi connectivity index (χ0) is 22.8. The van der Waals surface area contributed by atoms with E-state index in [0.29, 0.717) is 18.0 Å². The molecule has 0 aromatic heterocycles. The summed E-state index contributed by atoms with van der Waals surface area (Å²) in [6.45, 7) is 8.52. The summed E-state index contributed by atoms with van der Waals surface area (Å²) >= 11 is 0. The van der Waals surface area contributed by atoms with Crippen molar-refractivity contribution in [2.75, 3.05) is 20.4 Å². The number of nitrogens with two attached hydrogens (primary N) is 1. The van der Waals surface area contributed by atoms with Gasteiger partial charge in [0.2, 0.25) is 6.79 Å². The average Bonchev–Trinajstić information content (AvgIpc) is 3.24. The maximum atomic E-state index is 11.4. The molecule has 0 radical (unpaired) electrons. The van der Waals surface area contributed by atoms with Crippen molar-refractivity contribution < 1.29 is 23.7 Å². The quantitative estimate of drug-likeness (QED) is 0.752. The van der Waals surface area contributed by atoms with E-state index < -0.39 is 6.09 Å². The number of hydrogen-bond donors (Lipinski definition) is 1. The molecule has 2 N–H and O–H groups in total. The van der Waals surface area contributed by atoms with Gasteiger partial charge in [-0.3, -0.25) is 4.90 Å². The summed E-state index contributed by atoms with van der Waals surface area (Å²) in [5.41, 5.74) is 9.97. The van der Waals surface area contributed by atoms with Crippen LogP contribution in [0.25, 0.3) is 0 Å². The molecular formula is C25H32N2O5. The third-order valence-electron chi connectivity index (χ3n) is 6.44. The molecule has 7 heteroatoms. The van der Waals surface area contributed by atoms with E-state index in [-0.39, 0.29) is 12.8 Å². The van der Waals surface area contributed by atoms with Crippen LogP contribution in [0.3, 0.4) is 0 Å². The summed E-state index contributed by atoms with van der Waals surface area (Å²) in [6, 6.07) is 8.35. The van der Waals surface area contributed by atoms with Crippen molar-refractivity contribution in [1.82, 2.24) is 4.90 Å². The molecule has 0 spiro atoms. The second-order valence-corrected chi connectivity index (χ2v) is 8.80. The Morgan fingerprint density at radius 1 is 1.22 bits per heavy atom. The molecule has 3 heterocycles. The highest BCUT2D eigenvalue weighted by molar-refractivity contribution is 5.71. The van der Waals surface area contributed by atoms with E-state index in [0.717, 1.165) is 47.9 Å². The fourth-order valence-corrected chi connectivity index (χ4v) is 4.37. The molecule has 2 aromatic carbocycles. The molecule has 5 rings (SSSR count). The second kappa shape index (κ2) is 9.28. The summed E-state index contributed by atoms with van der Waals surface area (Å²) in [5.74, 6) is 3.48. The monoisotopic (exact) mass is 440 g/mol. The van der Waals surface area contributed by atoms with Gasteiger partial charge in [-0.2, -0.15) is 0 Å². The summed E-state index contributed by atoms with van der Waals surface area (Å²) in [5, 5.41) is 0. The molecule has 1 unspecified atom stereocenters. The molecule has 0 saturated heterocycles. The van der Waals surface area contributed by atoms with Gasteiger partial charge in [-0.1, -0.05) is 33.3 Å². The highest BCUT2D eigenvalue weighted by Crippen LogP contribution is 2.46. The van der Waals surface area contributed by atoms with E-state index in [2.05, 4.69) is 37.8 Å². The van der Waals surface area contributed by atoms with Crippen LogP contribution in [0.2, 0.25) is 0 Å². The van der Waals surface area contributed by atoms with Crippen LogP contribution in [-0.2, 0) is 19.4 Å². The van der Waals surface area contributed by atoms with Gasteiger partial charge in [-0.25, -0.2) is 4.79 Å². The molecule has 2 aromatic rings. The van der Waals surface area contributed by atoms with Crippen molar-refractivity contribution in [3.05, 3.63) is 46.5 Å². The number of primary amides is 1. The zero-order valence-electron chi connectivity index (χ0n) is 19.3. The van der Waals surface area contributed by atoms with Crippen LogP contribution in [-0.4, -0.2) is 31.4 Å². The Labute approximate surface area is 189 Å². The zero-order valence-corrected chi connectivity index (χ0v) is 19.3. The van der Waals surface area contributed by atoms with Gasteiger partial charge in [0.1, 0.15) is 0 Å². The lowest BCUT2D eigenvalue weighted by Gasteiger charge is -2.41. The largest absolute Gasteiger partial charge is 0.493 e. The lowest BCUT2D eigenvalue weighted by Crippen LogP contribution is -2.39. The molecule has 3 aliphatic rings. The maximum absolute atomic E-state index is 11.4. The normalized spacial score (nSPS) is 18.1. The Hall–Kier alpha value is -2.93. The maximum Gasteiger partial charge on any atom is 0.410 e.